The molecule has 0 saturated heterocycles. The van der Waals surface area contributed by atoms with Gasteiger partial charge in [0.2, 0.25) is 0 Å². The van der Waals surface area contributed by atoms with Gasteiger partial charge in [0.1, 0.15) is 11.2 Å². The van der Waals surface area contributed by atoms with Gasteiger partial charge in [-0.05, 0) is 7.05 Å². The molecule has 2 aromatic heterocycles. The predicted molar refractivity (Wildman–Crippen MR) is 51.9 cm³/mol. The molecule has 0 aliphatic carbocycles. The van der Waals surface area contributed by atoms with Crippen molar-refractivity contribution in [3.05, 3.63) is 22.4 Å². The molecule has 2 aromatic rings. The summed E-state index contributed by atoms with van der Waals surface area (Å²) in [5.74, 6) is 0.619. The highest BCUT2D eigenvalue weighted by molar-refractivity contribution is 5.72. The molecule has 2 N–H and O–H groups in total. The topological polar surface area (TPSA) is 75.6 Å². The molecule has 0 aromatic carbocycles. The molecule has 6 heteroatoms. The first kappa shape index (κ1) is 8.89. The maximum atomic E-state index is 11.5. The van der Waals surface area contributed by atoms with Crippen molar-refractivity contribution < 1.29 is 0 Å². The molecule has 0 radical (unpaired) electrons. The third-order valence-electron chi connectivity index (χ3n) is 1.99. The molecule has 2 heterocycles. The maximum Gasteiger partial charge on any atom is 0.262 e. The number of hydrogen-bond acceptors (Lipinski definition) is 4. The highest BCUT2D eigenvalue weighted by Gasteiger charge is 2.06. The molecule has 0 aliphatic heterocycles. The van der Waals surface area contributed by atoms with Gasteiger partial charge in [-0.2, -0.15) is 5.10 Å². The lowest BCUT2D eigenvalue weighted by Crippen LogP contribution is -2.16. The molecular formula is C8H11N5O. The highest BCUT2D eigenvalue weighted by atomic mass is 16.1. The Kier molecular flexibility index (Phi) is 2.05. The van der Waals surface area contributed by atoms with Gasteiger partial charge in [0.15, 0.2) is 5.65 Å². The van der Waals surface area contributed by atoms with Gasteiger partial charge in [-0.1, -0.05) is 0 Å². The van der Waals surface area contributed by atoms with Crippen molar-refractivity contribution in [2.24, 2.45) is 7.05 Å². The zero-order valence-electron chi connectivity index (χ0n) is 8.03. The molecule has 74 valence electrons. The van der Waals surface area contributed by atoms with Gasteiger partial charge >= 0.3 is 0 Å². The molecule has 0 saturated carbocycles. The summed E-state index contributed by atoms with van der Waals surface area (Å²) in [6.07, 6.45) is 1.52. The molecule has 0 amide bonds. The lowest BCUT2D eigenvalue weighted by Gasteiger charge is -1.99. The minimum absolute atomic E-state index is 0.145. The summed E-state index contributed by atoms with van der Waals surface area (Å²) in [4.78, 5) is 18.5. The third kappa shape index (κ3) is 1.29. The van der Waals surface area contributed by atoms with E-state index in [1.807, 2.05) is 0 Å². The first-order valence-corrected chi connectivity index (χ1v) is 4.28. The van der Waals surface area contributed by atoms with Crippen molar-refractivity contribution in [3.8, 4) is 0 Å². The van der Waals surface area contributed by atoms with E-state index >= 15 is 0 Å². The fourth-order valence-corrected chi connectivity index (χ4v) is 1.33. The summed E-state index contributed by atoms with van der Waals surface area (Å²) >= 11 is 0. The minimum atomic E-state index is -0.145. The van der Waals surface area contributed by atoms with Crippen molar-refractivity contribution in [2.45, 2.75) is 6.54 Å². The number of rotatable bonds is 2. The average molecular weight is 193 g/mol. The lowest BCUT2D eigenvalue weighted by molar-refractivity contribution is 0.742. The lowest BCUT2D eigenvalue weighted by atomic mass is 10.4. The zero-order chi connectivity index (χ0) is 10.1. The van der Waals surface area contributed by atoms with E-state index in [-0.39, 0.29) is 5.56 Å². The Morgan fingerprint density at radius 2 is 2.43 bits per heavy atom. The second-order valence-electron chi connectivity index (χ2n) is 3.05. The number of nitrogens with one attached hydrogen (secondary N) is 2. The van der Waals surface area contributed by atoms with Crippen LogP contribution in [0.1, 0.15) is 5.82 Å². The van der Waals surface area contributed by atoms with Gasteiger partial charge in [0, 0.05) is 7.05 Å². The van der Waals surface area contributed by atoms with Crippen LogP contribution in [0.3, 0.4) is 0 Å². The van der Waals surface area contributed by atoms with Crippen LogP contribution < -0.4 is 10.9 Å². The van der Waals surface area contributed by atoms with Crippen molar-refractivity contribution in [2.75, 3.05) is 7.05 Å². The van der Waals surface area contributed by atoms with E-state index in [2.05, 4.69) is 20.4 Å². The van der Waals surface area contributed by atoms with Crippen LogP contribution in [0.4, 0.5) is 0 Å². The zero-order valence-corrected chi connectivity index (χ0v) is 8.03. The van der Waals surface area contributed by atoms with Crippen LogP contribution >= 0.6 is 0 Å². The third-order valence-corrected chi connectivity index (χ3v) is 1.99. The van der Waals surface area contributed by atoms with Crippen LogP contribution in [-0.2, 0) is 13.6 Å². The predicted octanol–water partition coefficient (Wildman–Crippen LogP) is -0.624. The highest BCUT2D eigenvalue weighted by Crippen LogP contribution is 2.03. The smallest absolute Gasteiger partial charge is 0.262 e. The molecule has 0 aliphatic rings. The van der Waals surface area contributed by atoms with E-state index in [1.54, 1.807) is 18.8 Å². The summed E-state index contributed by atoms with van der Waals surface area (Å²) in [5, 5.41) is 7.42. The Bertz CT molecular complexity index is 512. The number of H-pyrrole nitrogens is 1. The number of aryl methyl sites for hydroxylation is 1. The van der Waals surface area contributed by atoms with Gasteiger partial charge in [0.25, 0.3) is 5.56 Å². The van der Waals surface area contributed by atoms with Crippen LogP contribution in [-0.4, -0.2) is 26.8 Å². The Morgan fingerprint density at radius 3 is 3.14 bits per heavy atom. The number of nitrogens with zero attached hydrogens (tertiary/aromatic N) is 3. The van der Waals surface area contributed by atoms with Crippen molar-refractivity contribution in [1.29, 1.82) is 0 Å². The average Bonchev–Trinajstić information content (AvgIpc) is 2.49. The minimum Gasteiger partial charge on any atom is -0.313 e. The van der Waals surface area contributed by atoms with Crippen LogP contribution in [0.25, 0.3) is 11.0 Å². The van der Waals surface area contributed by atoms with E-state index in [4.69, 9.17) is 0 Å². The summed E-state index contributed by atoms with van der Waals surface area (Å²) in [6, 6.07) is 0. The van der Waals surface area contributed by atoms with Gasteiger partial charge < -0.3 is 10.3 Å². The van der Waals surface area contributed by atoms with Gasteiger partial charge in [-0.25, -0.2) is 4.98 Å². The van der Waals surface area contributed by atoms with Crippen LogP contribution in [0.5, 0.6) is 0 Å². The number of aromatic amines is 1. The standard InChI is InChI=1S/C8H11N5O/c1-9-4-6-11-7-5(8(14)12-6)3-10-13(7)2/h3,9H,4H2,1-2H3,(H,11,12,14). The van der Waals surface area contributed by atoms with Gasteiger partial charge in [0.05, 0.1) is 12.7 Å². The second-order valence-corrected chi connectivity index (χ2v) is 3.05. The molecule has 0 spiro atoms. The molecular weight excluding hydrogens is 182 g/mol. The Hall–Kier alpha value is -1.69. The van der Waals surface area contributed by atoms with E-state index < -0.39 is 0 Å². The SMILES string of the molecule is CNCc1nc2c(cnn2C)c(=O)[nH]1. The summed E-state index contributed by atoms with van der Waals surface area (Å²) < 4.78 is 1.59. The van der Waals surface area contributed by atoms with Gasteiger partial charge in [-0.15, -0.1) is 0 Å². The Balaban J connectivity index is 2.69. The Labute approximate surface area is 80.0 Å². The molecule has 2 rings (SSSR count). The number of fused-ring (bicyclic) bond motifs is 1. The van der Waals surface area contributed by atoms with Crippen LogP contribution in [0, 0.1) is 0 Å². The largest absolute Gasteiger partial charge is 0.313 e. The van der Waals surface area contributed by atoms with Gasteiger partial charge in [-0.3, -0.25) is 9.48 Å². The first-order chi connectivity index (χ1) is 6.72. The van der Waals surface area contributed by atoms with Crippen LogP contribution in [0.2, 0.25) is 0 Å². The fourth-order valence-electron chi connectivity index (χ4n) is 1.33. The number of hydrogen-bond donors (Lipinski definition) is 2. The van der Waals surface area contributed by atoms with E-state index in [0.717, 1.165) is 0 Å². The van der Waals surface area contributed by atoms with Crippen LogP contribution in [0.15, 0.2) is 11.0 Å². The molecule has 0 unspecified atom stereocenters. The maximum absolute atomic E-state index is 11.5. The molecule has 0 fully saturated rings. The summed E-state index contributed by atoms with van der Waals surface area (Å²) in [5.41, 5.74) is 0.465. The normalized spacial score (nSPS) is 11.0. The number of aromatic nitrogens is 4. The van der Waals surface area contributed by atoms with E-state index in [0.29, 0.717) is 23.4 Å². The van der Waals surface area contributed by atoms with Crippen molar-refractivity contribution >= 4 is 11.0 Å². The second kappa shape index (κ2) is 3.22. The first-order valence-electron chi connectivity index (χ1n) is 4.28. The monoisotopic (exact) mass is 193 g/mol. The molecule has 14 heavy (non-hydrogen) atoms. The fraction of sp³-hybridized carbons (Fsp3) is 0.375. The molecule has 6 nitrogen and oxygen atoms in total. The molecule has 0 bridgehead atoms. The Morgan fingerprint density at radius 1 is 1.64 bits per heavy atom. The summed E-state index contributed by atoms with van der Waals surface area (Å²) in [6.45, 7) is 0.538. The van der Waals surface area contributed by atoms with E-state index in [1.165, 1.54) is 6.20 Å². The summed E-state index contributed by atoms with van der Waals surface area (Å²) in [7, 11) is 3.56. The van der Waals surface area contributed by atoms with Crippen molar-refractivity contribution in [1.82, 2.24) is 25.1 Å². The quantitative estimate of drug-likeness (QED) is 0.666. The van der Waals surface area contributed by atoms with E-state index in [9.17, 15) is 4.79 Å². The van der Waals surface area contributed by atoms with Crippen molar-refractivity contribution in [3.63, 3.8) is 0 Å². The molecule has 0 atom stereocenters.